The van der Waals surface area contributed by atoms with Gasteiger partial charge in [0, 0.05) is 6.20 Å². The summed E-state index contributed by atoms with van der Waals surface area (Å²) in [6, 6.07) is 1.84. The van der Waals surface area contributed by atoms with Crippen molar-refractivity contribution in [3.05, 3.63) is 29.1 Å². The molecule has 2 rings (SSSR count). The Morgan fingerprint density at radius 2 is 2.12 bits per heavy atom. The third kappa shape index (κ3) is 2.65. The number of nitrogens with zero attached hydrogens (tertiary/aromatic N) is 1. The van der Waals surface area contributed by atoms with Gasteiger partial charge in [0.2, 0.25) is 0 Å². The standard InChI is InChI=1S/C14H19NO2/c1-2-13-12(14(16)17)8-11(9-15-13)10-6-4-3-5-7-10/h8-10H,2-7H2,1H3,(H,16,17). The summed E-state index contributed by atoms with van der Waals surface area (Å²) >= 11 is 0. The number of hydrogen-bond acceptors (Lipinski definition) is 2. The molecule has 1 fully saturated rings. The molecular weight excluding hydrogens is 214 g/mol. The molecule has 1 aliphatic rings. The van der Waals surface area contributed by atoms with Crippen molar-refractivity contribution < 1.29 is 9.90 Å². The van der Waals surface area contributed by atoms with E-state index in [1.807, 2.05) is 19.2 Å². The van der Waals surface area contributed by atoms with Gasteiger partial charge < -0.3 is 5.11 Å². The molecule has 17 heavy (non-hydrogen) atoms. The fourth-order valence-corrected chi connectivity index (χ4v) is 2.64. The predicted molar refractivity (Wildman–Crippen MR) is 66.4 cm³/mol. The van der Waals surface area contributed by atoms with Crippen molar-refractivity contribution in [2.75, 3.05) is 0 Å². The molecule has 1 N–H and O–H groups in total. The molecule has 1 heterocycles. The molecular formula is C14H19NO2. The highest BCUT2D eigenvalue weighted by Gasteiger charge is 2.18. The molecule has 0 aliphatic heterocycles. The van der Waals surface area contributed by atoms with Crippen molar-refractivity contribution in [2.24, 2.45) is 0 Å². The zero-order valence-corrected chi connectivity index (χ0v) is 10.3. The fourth-order valence-electron chi connectivity index (χ4n) is 2.64. The summed E-state index contributed by atoms with van der Waals surface area (Å²) in [7, 11) is 0. The first-order chi connectivity index (χ1) is 8.22. The average Bonchev–Trinajstić information content (AvgIpc) is 2.39. The first-order valence-corrected chi connectivity index (χ1v) is 6.44. The van der Waals surface area contributed by atoms with Crippen LogP contribution in [0.2, 0.25) is 0 Å². The lowest BCUT2D eigenvalue weighted by molar-refractivity contribution is 0.0695. The highest BCUT2D eigenvalue weighted by molar-refractivity contribution is 5.89. The zero-order valence-electron chi connectivity index (χ0n) is 10.3. The van der Waals surface area contributed by atoms with Crippen LogP contribution in [0.1, 0.15) is 66.6 Å². The summed E-state index contributed by atoms with van der Waals surface area (Å²) in [4.78, 5) is 15.5. The van der Waals surface area contributed by atoms with Crippen LogP contribution in [0.5, 0.6) is 0 Å². The molecule has 0 radical (unpaired) electrons. The van der Waals surface area contributed by atoms with Crippen LogP contribution in [0.3, 0.4) is 0 Å². The van der Waals surface area contributed by atoms with E-state index in [1.165, 1.54) is 32.1 Å². The maximum atomic E-state index is 11.2. The van der Waals surface area contributed by atoms with Crippen LogP contribution in [-0.2, 0) is 6.42 Å². The zero-order chi connectivity index (χ0) is 12.3. The summed E-state index contributed by atoms with van der Waals surface area (Å²) < 4.78 is 0. The van der Waals surface area contributed by atoms with Crippen molar-refractivity contribution in [2.45, 2.75) is 51.4 Å². The van der Waals surface area contributed by atoms with Gasteiger partial charge in [0.1, 0.15) is 0 Å². The number of carboxylic acids is 1. The van der Waals surface area contributed by atoms with Crippen LogP contribution < -0.4 is 0 Å². The van der Waals surface area contributed by atoms with E-state index in [9.17, 15) is 9.90 Å². The molecule has 0 bridgehead atoms. The lowest BCUT2D eigenvalue weighted by Crippen LogP contribution is -2.10. The number of hydrogen-bond donors (Lipinski definition) is 1. The second-order valence-corrected chi connectivity index (χ2v) is 4.76. The van der Waals surface area contributed by atoms with Gasteiger partial charge >= 0.3 is 5.97 Å². The summed E-state index contributed by atoms with van der Waals surface area (Å²) in [6.07, 6.45) is 8.71. The minimum Gasteiger partial charge on any atom is -0.478 e. The van der Waals surface area contributed by atoms with Gasteiger partial charge in [0.05, 0.1) is 11.3 Å². The Morgan fingerprint density at radius 1 is 1.41 bits per heavy atom. The van der Waals surface area contributed by atoms with Crippen molar-refractivity contribution >= 4 is 5.97 Å². The van der Waals surface area contributed by atoms with Crippen molar-refractivity contribution in [1.29, 1.82) is 0 Å². The Labute approximate surface area is 102 Å². The monoisotopic (exact) mass is 233 g/mol. The van der Waals surface area contributed by atoms with Gasteiger partial charge in [-0.05, 0) is 36.8 Å². The maximum Gasteiger partial charge on any atom is 0.337 e. The van der Waals surface area contributed by atoms with E-state index in [0.717, 1.165) is 5.56 Å². The number of aryl methyl sites for hydroxylation is 1. The Bertz CT molecular complexity index is 409. The van der Waals surface area contributed by atoms with E-state index in [2.05, 4.69) is 4.98 Å². The predicted octanol–water partition coefficient (Wildman–Crippen LogP) is 3.39. The van der Waals surface area contributed by atoms with Gasteiger partial charge in [-0.1, -0.05) is 26.2 Å². The second-order valence-electron chi connectivity index (χ2n) is 4.76. The molecule has 0 amide bonds. The van der Waals surface area contributed by atoms with Gasteiger partial charge in [-0.2, -0.15) is 0 Å². The molecule has 3 heteroatoms. The van der Waals surface area contributed by atoms with Gasteiger partial charge in [-0.3, -0.25) is 4.98 Å². The van der Waals surface area contributed by atoms with Gasteiger partial charge in [-0.25, -0.2) is 4.79 Å². The fraction of sp³-hybridized carbons (Fsp3) is 0.571. The molecule has 1 saturated carbocycles. The molecule has 0 atom stereocenters. The normalized spacial score (nSPS) is 17.0. The quantitative estimate of drug-likeness (QED) is 0.870. The van der Waals surface area contributed by atoms with Crippen LogP contribution >= 0.6 is 0 Å². The highest BCUT2D eigenvalue weighted by atomic mass is 16.4. The summed E-state index contributed by atoms with van der Waals surface area (Å²) in [6.45, 7) is 1.94. The topological polar surface area (TPSA) is 50.2 Å². The molecule has 0 unspecified atom stereocenters. The summed E-state index contributed by atoms with van der Waals surface area (Å²) in [5.74, 6) is -0.340. The largest absolute Gasteiger partial charge is 0.478 e. The van der Waals surface area contributed by atoms with Crippen LogP contribution in [0.4, 0.5) is 0 Å². The van der Waals surface area contributed by atoms with Crippen molar-refractivity contribution in [1.82, 2.24) is 4.98 Å². The first kappa shape index (κ1) is 12.1. The third-order valence-electron chi connectivity index (χ3n) is 3.63. The van der Waals surface area contributed by atoms with Crippen LogP contribution in [0, 0.1) is 0 Å². The maximum absolute atomic E-state index is 11.2. The Morgan fingerprint density at radius 3 is 2.71 bits per heavy atom. The SMILES string of the molecule is CCc1ncc(C2CCCCC2)cc1C(=O)O. The Hall–Kier alpha value is -1.38. The van der Waals surface area contributed by atoms with E-state index in [0.29, 0.717) is 23.6 Å². The number of carbonyl (C=O) groups is 1. The Balaban J connectivity index is 2.29. The third-order valence-corrected chi connectivity index (χ3v) is 3.63. The minimum atomic E-state index is -0.855. The van der Waals surface area contributed by atoms with Crippen molar-refractivity contribution in [3.8, 4) is 0 Å². The molecule has 0 aromatic carbocycles. The van der Waals surface area contributed by atoms with E-state index in [4.69, 9.17) is 0 Å². The van der Waals surface area contributed by atoms with Gasteiger partial charge in [0.25, 0.3) is 0 Å². The van der Waals surface area contributed by atoms with Crippen molar-refractivity contribution in [3.63, 3.8) is 0 Å². The van der Waals surface area contributed by atoms with Crippen LogP contribution in [0.15, 0.2) is 12.3 Å². The van der Waals surface area contributed by atoms with Crippen LogP contribution in [0.25, 0.3) is 0 Å². The van der Waals surface area contributed by atoms with E-state index in [-0.39, 0.29) is 0 Å². The van der Waals surface area contributed by atoms with E-state index in [1.54, 1.807) is 0 Å². The van der Waals surface area contributed by atoms with E-state index >= 15 is 0 Å². The summed E-state index contributed by atoms with van der Waals surface area (Å²) in [5.41, 5.74) is 2.19. The molecule has 3 nitrogen and oxygen atoms in total. The first-order valence-electron chi connectivity index (χ1n) is 6.44. The molecule has 0 saturated heterocycles. The number of pyridine rings is 1. The van der Waals surface area contributed by atoms with E-state index < -0.39 is 5.97 Å². The lowest BCUT2D eigenvalue weighted by atomic mass is 9.84. The number of aromatic carboxylic acids is 1. The lowest BCUT2D eigenvalue weighted by Gasteiger charge is -2.22. The van der Waals surface area contributed by atoms with Crippen LogP contribution in [-0.4, -0.2) is 16.1 Å². The molecule has 1 aromatic rings. The Kier molecular flexibility index (Phi) is 3.77. The highest BCUT2D eigenvalue weighted by Crippen LogP contribution is 2.32. The van der Waals surface area contributed by atoms with Gasteiger partial charge in [0.15, 0.2) is 0 Å². The van der Waals surface area contributed by atoms with Gasteiger partial charge in [-0.15, -0.1) is 0 Å². The smallest absolute Gasteiger partial charge is 0.337 e. The molecule has 1 aromatic heterocycles. The number of aromatic nitrogens is 1. The molecule has 0 spiro atoms. The number of rotatable bonds is 3. The minimum absolute atomic E-state index is 0.385. The molecule has 92 valence electrons. The second kappa shape index (κ2) is 5.30. The average molecular weight is 233 g/mol. The number of carboxylic acid groups (broad SMARTS) is 1. The summed E-state index contributed by atoms with van der Waals surface area (Å²) in [5, 5.41) is 9.18. The molecule has 1 aliphatic carbocycles.